The quantitative estimate of drug-likeness (QED) is 0.679. The van der Waals surface area contributed by atoms with Crippen molar-refractivity contribution in [3.8, 4) is 0 Å². The van der Waals surface area contributed by atoms with E-state index in [0.29, 0.717) is 5.69 Å². The maximum Gasteiger partial charge on any atom is 0.309 e. The number of para-hydroxylation sites is 1. The molecule has 2 aromatic carbocycles. The molecule has 3 aromatic rings. The van der Waals surface area contributed by atoms with Gasteiger partial charge in [-0.05, 0) is 43.7 Å². The lowest BCUT2D eigenvalue weighted by Gasteiger charge is -2.18. The van der Waals surface area contributed by atoms with Crippen LogP contribution in [0.25, 0.3) is 10.2 Å². The number of aromatic nitrogens is 1. The number of carbonyl (C=O) groups excluding carboxylic acids is 1. The first-order valence-electron chi connectivity index (χ1n) is 8.30. The average Bonchev–Trinajstić information content (AvgIpc) is 2.98. The second kappa shape index (κ2) is 7.25. The Morgan fingerprint density at radius 2 is 1.81 bits per heavy atom. The summed E-state index contributed by atoms with van der Waals surface area (Å²) in [5, 5.41) is 12.9. The number of amides is 1. The molecule has 0 unspecified atom stereocenters. The molecule has 3 rings (SSSR count). The summed E-state index contributed by atoms with van der Waals surface area (Å²) < 4.78 is 1.17. The van der Waals surface area contributed by atoms with Crippen LogP contribution in [0.15, 0.2) is 48.5 Å². The molecule has 5 nitrogen and oxygen atoms in total. The molecule has 2 N–H and O–H groups in total. The third-order valence-electron chi connectivity index (χ3n) is 4.11. The molecular weight excluding hydrogens is 348 g/mol. The SMILES string of the molecule is CC(C)(CC(=O)Nc1ccc(Cc2nc3ccccc3s2)cc1)C(=O)O. The molecule has 0 saturated heterocycles. The van der Waals surface area contributed by atoms with Gasteiger partial charge in [-0.1, -0.05) is 24.3 Å². The van der Waals surface area contributed by atoms with E-state index in [-0.39, 0.29) is 12.3 Å². The first-order valence-corrected chi connectivity index (χ1v) is 9.12. The Morgan fingerprint density at radius 1 is 1.12 bits per heavy atom. The summed E-state index contributed by atoms with van der Waals surface area (Å²) in [5.41, 5.74) is 1.69. The van der Waals surface area contributed by atoms with Crippen molar-refractivity contribution in [2.45, 2.75) is 26.7 Å². The Labute approximate surface area is 155 Å². The van der Waals surface area contributed by atoms with Crippen molar-refractivity contribution in [3.05, 3.63) is 59.1 Å². The van der Waals surface area contributed by atoms with Crippen LogP contribution in [0.4, 0.5) is 5.69 Å². The first kappa shape index (κ1) is 18.1. The number of rotatable bonds is 6. The van der Waals surface area contributed by atoms with E-state index < -0.39 is 11.4 Å². The van der Waals surface area contributed by atoms with E-state index in [1.54, 1.807) is 11.3 Å². The smallest absolute Gasteiger partial charge is 0.309 e. The molecule has 0 aliphatic rings. The van der Waals surface area contributed by atoms with Gasteiger partial charge >= 0.3 is 5.97 Å². The van der Waals surface area contributed by atoms with Gasteiger partial charge in [0.25, 0.3) is 0 Å². The second-order valence-electron chi connectivity index (χ2n) is 6.86. The summed E-state index contributed by atoms with van der Waals surface area (Å²) in [4.78, 5) is 27.8. The number of nitrogens with one attached hydrogen (secondary N) is 1. The van der Waals surface area contributed by atoms with Crippen molar-refractivity contribution >= 4 is 39.1 Å². The van der Waals surface area contributed by atoms with E-state index in [2.05, 4.69) is 16.4 Å². The Hall–Kier alpha value is -2.73. The number of carboxylic acids is 1. The number of carboxylic acid groups (broad SMARTS) is 1. The number of nitrogens with zero attached hydrogens (tertiary/aromatic N) is 1. The predicted octanol–water partition coefficient (Wildman–Crippen LogP) is 4.33. The number of anilines is 1. The summed E-state index contributed by atoms with van der Waals surface area (Å²) in [5.74, 6) is -1.30. The highest BCUT2D eigenvalue weighted by Gasteiger charge is 2.30. The van der Waals surface area contributed by atoms with E-state index in [9.17, 15) is 9.59 Å². The summed E-state index contributed by atoms with van der Waals surface area (Å²) in [7, 11) is 0. The fraction of sp³-hybridized carbons (Fsp3) is 0.250. The summed E-state index contributed by atoms with van der Waals surface area (Å²) in [6, 6.07) is 15.6. The normalized spacial score (nSPS) is 11.5. The van der Waals surface area contributed by atoms with E-state index in [1.807, 2.05) is 42.5 Å². The molecule has 134 valence electrons. The fourth-order valence-corrected chi connectivity index (χ4v) is 3.56. The zero-order chi connectivity index (χ0) is 18.7. The van der Waals surface area contributed by atoms with Gasteiger partial charge in [0.15, 0.2) is 0 Å². The number of carbonyl (C=O) groups is 2. The third-order valence-corrected chi connectivity index (χ3v) is 5.15. The molecule has 0 radical (unpaired) electrons. The van der Waals surface area contributed by atoms with Gasteiger partial charge in [0.05, 0.1) is 20.6 Å². The van der Waals surface area contributed by atoms with Crippen LogP contribution in [0.1, 0.15) is 30.8 Å². The minimum atomic E-state index is -1.09. The maximum atomic E-state index is 12.0. The molecule has 0 atom stereocenters. The first-order chi connectivity index (χ1) is 12.3. The van der Waals surface area contributed by atoms with Gasteiger partial charge in [-0.25, -0.2) is 4.98 Å². The minimum absolute atomic E-state index is 0.0736. The molecule has 1 amide bonds. The number of benzene rings is 2. The van der Waals surface area contributed by atoms with Crippen molar-refractivity contribution in [1.82, 2.24) is 4.98 Å². The lowest BCUT2D eigenvalue weighted by Crippen LogP contribution is -2.29. The van der Waals surface area contributed by atoms with E-state index >= 15 is 0 Å². The van der Waals surface area contributed by atoms with Gasteiger partial charge in [-0.2, -0.15) is 0 Å². The van der Waals surface area contributed by atoms with Crippen molar-refractivity contribution in [2.24, 2.45) is 5.41 Å². The number of fused-ring (bicyclic) bond motifs is 1. The zero-order valence-electron chi connectivity index (χ0n) is 14.7. The topological polar surface area (TPSA) is 79.3 Å². The largest absolute Gasteiger partial charge is 0.481 e. The standard InChI is InChI=1S/C20H20N2O3S/c1-20(2,19(24)25)12-17(23)21-14-9-7-13(8-10-14)11-18-22-15-5-3-4-6-16(15)26-18/h3-10H,11-12H2,1-2H3,(H,21,23)(H,24,25). The average molecular weight is 368 g/mol. The van der Waals surface area contributed by atoms with E-state index in [1.165, 1.54) is 18.5 Å². The summed E-state index contributed by atoms with van der Waals surface area (Å²) in [6.45, 7) is 3.08. The fourth-order valence-electron chi connectivity index (χ4n) is 2.56. The lowest BCUT2D eigenvalue weighted by molar-refractivity contribution is -0.148. The van der Waals surface area contributed by atoms with Gasteiger partial charge in [0.1, 0.15) is 0 Å². The molecule has 0 aliphatic heterocycles. The highest BCUT2D eigenvalue weighted by atomic mass is 32.1. The van der Waals surface area contributed by atoms with Crippen molar-refractivity contribution < 1.29 is 14.7 Å². The van der Waals surface area contributed by atoms with Gasteiger partial charge in [-0.3, -0.25) is 9.59 Å². The predicted molar refractivity (Wildman–Crippen MR) is 104 cm³/mol. The van der Waals surface area contributed by atoms with Crippen LogP contribution in [0.3, 0.4) is 0 Å². The molecule has 0 aliphatic carbocycles. The maximum absolute atomic E-state index is 12.0. The highest BCUT2D eigenvalue weighted by molar-refractivity contribution is 7.18. The van der Waals surface area contributed by atoms with E-state index in [0.717, 1.165) is 22.5 Å². The number of hydrogen-bond donors (Lipinski definition) is 2. The lowest BCUT2D eigenvalue weighted by atomic mass is 9.89. The highest BCUT2D eigenvalue weighted by Crippen LogP contribution is 2.25. The monoisotopic (exact) mass is 368 g/mol. The van der Waals surface area contributed by atoms with Crippen molar-refractivity contribution in [1.29, 1.82) is 0 Å². The molecule has 6 heteroatoms. The molecule has 1 heterocycles. The molecule has 0 saturated carbocycles. The Morgan fingerprint density at radius 3 is 2.46 bits per heavy atom. The van der Waals surface area contributed by atoms with Crippen LogP contribution in [-0.4, -0.2) is 22.0 Å². The Bertz CT molecular complexity index is 912. The third kappa shape index (κ3) is 4.26. The van der Waals surface area contributed by atoms with Crippen LogP contribution < -0.4 is 5.32 Å². The molecule has 26 heavy (non-hydrogen) atoms. The minimum Gasteiger partial charge on any atom is -0.481 e. The number of hydrogen-bond acceptors (Lipinski definition) is 4. The van der Waals surface area contributed by atoms with Gasteiger partial charge in [-0.15, -0.1) is 11.3 Å². The molecule has 0 bridgehead atoms. The molecule has 1 aromatic heterocycles. The molecular formula is C20H20N2O3S. The van der Waals surface area contributed by atoms with Gasteiger partial charge in [0.2, 0.25) is 5.91 Å². The van der Waals surface area contributed by atoms with Crippen LogP contribution in [0.2, 0.25) is 0 Å². The van der Waals surface area contributed by atoms with E-state index in [4.69, 9.17) is 5.11 Å². The second-order valence-corrected chi connectivity index (χ2v) is 7.98. The van der Waals surface area contributed by atoms with Crippen LogP contribution in [0.5, 0.6) is 0 Å². The molecule has 0 spiro atoms. The zero-order valence-corrected chi connectivity index (χ0v) is 15.5. The summed E-state index contributed by atoms with van der Waals surface area (Å²) in [6.07, 6.45) is 0.662. The molecule has 0 fully saturated rings. The Balaban J connectivity index is 1.63. The Kier molecular flexibility index (Phi) is 5.04. The van der Waals surface area contributed by atoms with Crippen LogP contribution in [-0.2, 0) is 16.0 Å². The van der Waals surface area contributed by atoms with Crippen LogP contribution in [0, 0.1) is 5.41 Å². The summed E-state index contributed by atoms with van der Waals surface area (Å²) >= 11 is 1.68. The number of thiazole rings is 1. The van der Waals surface area contributed by atoms with Gasteiger partial charge < -0.3 is 10.4 Å². The number of aliphatic carboxylic acids is 1. The van der Waals surface area contributed by atoms with Crippen molar-refractivity contribution in [3.63, 3.8) is 0 Å². The van der Waals surface area contributed by atoms with Gasteiger partial charge in [0, 0.05) is 18.5 Å². The van der Waals surface area contributed by atoms with Crippen LogP contribution >= 0.6 is 11.3 Å². The van der Waals surface area contributed by atoms with Crippen molar-refractivity contribution in [2.75, 3.05) is 5.32 Å².